The first-order valence-electron chi connectivity index (χ1n) is 8.89. The third-order valence-electron chi connectivity index (χ3n) is 4.05. The van der Waals surface area contributed by atoms with Crippen molar-refractivity contribution in [1.29, 1.82) is 0 Å². The Kier molecular flexibility index (Phi) is 7.60. The fourth-order valence-corrected chi connectivity index (χ4v) is 2.36. The molecule has 8 heteroatoms. The molecule has 1 aliphatic carbocycles. The van der Waals surface area contributed by atoms with Gasteiger partial charge in [-0.3, -0.25) is 9.59 Å². The molecule has 0 aromatic heterocycles. The van der Waals surface area contributed by atoms with Gasteiger partial charge in [-0.15, -0.1) is 0 Å². The van der Waals surface area contributed by atoms with E-state index in [2.05, 4.69) is 5.32 Å². The summed E-state index contributed by atoms with van der Waals surface area (Å²) in [5, 5.41) is 2.80. The summed E-state index contributed by atoms with van der Waals surface area (Å²) < 4.78 is 15.7. The molecule has 0 radical (unpaired) electrons. The largest absolute Gasteiger partial charge is 0.496 e. The SMILES string of the molecule is CCOCc1cc(C(=O)OCC(=O)N(C)CC(=O)NC2CC2)ccc1OC. The van der Waals surface area contributed by atoms with Crippen LogP contribution in [-0.4, -0.2) is 62.6 Å². The molecule has 1 saturated carbocycles. The molecule has 0 heterocycles. The lowest BCUT2D eigenvalue weighted by molar-refractivity contribution is -0.137. The van der Waals surface area contributed by atoms with Gasteiger partial charge in [0.25, 0.3) is 5.91 Å². The summed E-state index contributed by atoms with van der Waals surface area (Å²) in [6, 6.07) is 5.07. The molecular weight excluding hydrogens is 352 g/mol. The number of hydrogen-bond acceptors (Lipinski definition) is 6. The first kappa shape index (κ1) is 20.7. The van der Waals surface area contributed by atoms with E-state index in [9.17, 15) is 14.4 Å². The second-order valence-corrected chi connectivity index (χ2v) is 6.33. The zero-order valence-electron chi connectivity index (χ0n) is 15.9. The fraction of sp³-hybridized carbons (Fsp3) is 0.526. The third kappa shape index (κ3) is 6.56. The molecule has 1 aromatic rings. The predicted octanol–water partition coefficient (Wildman–Crippen LogP) is 1.13. The number of benzene rings is 1. The van der Waals surface area contributed by atoms with Crippen molar-refractivity contribution >= 4 is 17.8 Å². The standard InChI is InChI=1S/C19H26N2O6/c1-4-26-11-14-9-13(5-8-16(14)25-3)19(24)27-12-18(23)21(2)10-17(22)20-15-6-7-15/h5,8-9,15H,4,6-7,10-12H2,1-3H3,(H,20,22). The molecule has 0 unspecified atom stereocenters. The average molecular weight is 378 g/mol. The van der Waals surface area contributed by atoms with Gasteiger partial charge < -0.3 is 24.4 Å². The summed E-state index contributed by atoms with van der Waals surface area (Å²) in [4.78, 5) is 37.2. The van der Waals surface area contributed by atoms with Crippen molar-refractivity contribution in [2.45, 2.75) is 32.4 Å². The Labute approximate surface area is 158 Å². The van der Waals surface area contributed by atoms with Crippen LogP contribution in [0.1, 0.15) is 35.7 Å². The van der Waals surface area contributed by atoms with Gasteiger partial charge in [-0.05, 0) is 38.0 Å². The van der Waals surface area contributed by atoms with Crippen LogP contribution in [0.2, 0.25) is 0 Å². The summed E-state index contributed by atoms with van der Waals surface area (Å²) in [6.45, 7) is 2.22. The zero-order chi connectivity index (χ0) is 19.8. The molecule has 0 saturated heterocycles. The van der Waals surface area contributed by atoms with Crippen LogP contribution in [0.3, 0.4) is 0 Å². The number of amides is 2. The minimum atomic E-state index is -0.625. The number of nitrogens with zero attached hydrogens (tertiary/aromatic N) is 1. The lowest BCUT2D eigenvalue weighted by atomic mass is 10.1. The number of hydrogen-bond donors (Lipinski definition) is 1. The van der Waals surface area contributed by atoms with E-state index in [0.717, 1.165) is 12.8 Å². The number of carbonyl (C=O) groups is 3. The van der Waals surface area contributed by atoms with Gasteiger partial charge in [0.05, 0.1) is 25.8 Å². The van der Waals surface area contributed by atoms with Gasteiger partial charge in [0.2, 0.25) is 5.91 Å². The van der Waals surface area contributed by atoms with Gasteiger partial charge in [0.1, 0.15) is 5.75 Å². The van der Waals surface area contributed by atoms with Crippen molar-refractivity contribution in [2.24, 2.45) is 0 Å². The van der Waals surface area contributed by atoms with E-state index >= 15 is 0 Å². The second-order valence-electron chi connectivity index (χ2n) is 6.33. The Morgan fingerprint density at radius 3 is 2.63 bits per heavy atom. The van der Waals surface area contributed by atoms with Gasteiger partial charge >= 0.3 is 5.97 Å². The summed E-state index contributed by atoms with van der Waals surface area (Å²) in [5.41, 5.74) is 1.02. The summed E-state index contributed by atoms with van der Waals surface area (Å²) in [6.07, 6.45) is 1.96. The molecule has 1 aliphatic rings. The molecule has 0 atom stereocenters. The van der Waals surface area contributed by atoms with Gasteiger partial charge in [-0.2, -0.15) is 0 Å². The Morgan fingerprint density at radius 2 is 2.00 bits per heavy atom. The Balaban J connectivity index is 1.86. The van der Waals surface area contributed by atoms with E-state index in [0.29, 0.717) is 30.1 Å². The number of likely N-dealkylation sites (N-methyl/N-ethyl adjacent to an activating group) is 1. The summed E-state index contributed by atoms with van der Waals surface area (Å²) in [7, 11) is 3.03. The first-order chi connectivity index (χ1) is 12.9. The second kappa shape index (κ2) is 9.91. The van der Waals surface area contributed by atoms with Gasteiger partial charge in [-0.1, -0.05) is 0 Å². The number of methoxy groups -OCH3 is 1. The van der Waals surface area contributed by atoms with Crippen molar-refractivity contribution < 1.29 is 28.6 Å². The van der Waals surface area contributed by atoms with Crippen LogP contribution in [0.5, 0.6) is 5.75 Å². The van der Waals surface area contributed by atoms with E-state index < -0.39 is 18.5 Å². The predicted molar refractivity (Wildman–Crippen MR) is 97.4 cm³/mol. The van der Waals surface area contributed by atoms with Crippen LogP contribution < -0.4 is 10.1 Å². The lowest BCUT2D eigenvalue weighted by Gasteiger charge is -2.17. The molecule has 1 fully saturated rings. The molecule has 2 rings (SSSR count). The van der Waals surface area contributed by atoms with Crippen molar-refractivity contribution in [3.8, 4) is 5.75 Å². The summed E-state index contributed by atoms with van der Waals surface area (Å²) >= 11 is 0. The van der Waals surface area contributed by atoms with Crippen LogP contribution in [0.25, 0.3) is 0 Å². The highest BCUT2D eigenvalue weighted by molar-refractivity contribution is 5.92. The fourth-order valence-electron chi connectivity index (χ4n) is 2.36. The van der Waals surface area contributed by atoms with Crippen LogP contribution in [0.4, 0.5) is 0 Å². The maximum atomic E-state index is 12.2. The highest BCUT2D eigenvalue weighted by atomic mass is 16.5. The van der Waals surface area contributed by atoms with Crippen LogP contribution in [-0.2, 0) is 25.7 Å². The molecular formula is C19H26N2O6. The normalized spacial score (nSPS) is 13.0. The van der Waals surface area contributed by atoms with E-state index in [1.54, 1.807) is 18.2 Å². The highest BCUT2D eigenvalue weighted by Crippen LogP contribution is 2.21. The lowest BCUT2D eigenvalue weighted by Crippen LogP contribution is -2.40. The van der Waals surface area contributed by atoms with Crippen molar-refractivity contribution in [3.05, 3.63) is 29.3 Å². The quantitative estimate of drug-likeness (QED) is 0.614. The number of esters is 1. The number of ether oxygens (including phenoxy) is 3. The topological polar surface area (TPSA) is 94.2 Å². The molecule has 148 valence electrons. The maximum Gasteiger partial charge on any atom is 0.338 e. The van der Waals surface area contributed by atoms with Crippen LogP contribution in [0, 0.1) is 0 Å². The van der Waals surface area contributed by atoms with E-state index in [-0.39, 0.29) is 18.5 Å². The van der Waals surface area contributed by atoms with Crippen molar-refractivity contribution in [1.82, 2.24) is 10.2 Å². The molecule has 1 aromatic carbocycles. The van der Waals surface area contributed by atoms with E-state index in [1.807, 2.05) is 6.92 Å². The van der Waals surface area contributed by atoms with E-state index in [1.165, 1.54) is 19.1 Å². The molecule has 0 bridgehead atoms. The Hall–Kier alpha value is -2.61. The van der Waals surface area contributed by atoms with Gasteiger partial charge in [0, 0.05) is 25.3 Å². The molecule has 8 nitrogen and oxygen atoms in total. The van der Waals surface area contributed by atoms with Gasteiger partial charge in [0.15, 0.2) is 6.61 Å². The molecule has 0 aliphatic heterocycles. The zero-order valence-corrected chi connectivity index (χ0v) is 15.9. The molecule has 2 amide bonds. The highest BCUT2D eigenvalue weighted by Gasteiger charge is 2.24. The van der Waals surface area contributed by atoms with Crippen LogP contribution in [0.15, 0.2) is 18.2 Å². The van der Waals surface area contributed by atoms with Crippen molar-refractivity contribution in [2.75, 3.05) is 33.9 Å². The van der Waals surface area contributed by atoms with Crippen LogP contribution >= 0.6 is 0 Å². The third-order valence-corrected chi connectivity index (χ3v) is 4.05. The number of nitrogens with one attached hydrogen (secondary N) is 1. The molecule has 1 N–H and O–H groups in total. The van der Waals surface area contributed by atoms with E-state index in [4.69, 9.17) is 14.2 Å². The minimum absolute atomic E-state index is 0.0616. The maximum absolute atomic E-state index is 12.2. The Morgan fingerprint density at radius 1 is 1.26 bits per heavy atom. The number of rotatable bonds is 10. The average Bonchev–Trinajstić information content (AvgIpc) is 3.47. The smallest absolute Gasteiger partial charge is 0.338 e. The molecule has 0 spiro atoms. The van der Waals surface area contributed by atoms with Crippen molar-refractivity contribution in [3.63, 3.8) is 0 Å². The molecule has 27 heavy (non-hydrogen) atoms. The van der Waals surface area contributed by atoms with Gasteiger partial charge in [-0.25, -0.2) is 4.79 Å². The first-order valence-corrected chi connectivity index (χ1v) is 8.89. The summed E-state index contributed by atoms with van der Waals surface area (Å²) in [5.74, 6) is -0.676. The monoisotopic (exact) mass is 378 g/mol. The minimum Gasteiger partial charge on any atom is -0.496 e. The number of carbonyl (C=O) groups excluding carboxylic acids is 3. The Bertz CT molecular complexity index is 687.